The summed E-state index contributed by atoms with van der Waals surface area (Å²) < 4.78 is 0. The Balaban J connectivity index is 4.17. The highest BCUT2D eigenvalue weighted by atomic mass is 14.8. The van der Waals surface area contributed by atoms with Crippen LogP contribution in [0.3, 0.4) is 0 Å². The van der Waals surface area contributed by atoms with Gasteiger partial charge in [0.05, 0.1) is 5.71 Å². The monoisotopic (exact) mass is 168 g/mol. The van der Waals surface area contributed by atoms with Crippen molar-refractivity contribution in [2.24, 2.45) is 9.98 Å². The van der Waals surface area contributed by atoms with Crippen molar-refractivity contribution in [1.29, 1.82) is 0 Å². The maximum absolute atomic E-state index is 4.43. The molecule has 70 valence electrons. The van der Waals surface area contributed by atoms with Gasteiger partial charge in [0, 0.05) is 18.3 Å². The van der Waals surface area contributed by atoms with Crippen LogP contribution in [-0.2, 0) is 0 Å². The van der Waals surface area contributed by atoms with E-state index in [0.717, 1.165) is 12.1 Å². The van der Waals surface area contributed by atoms with Crippen LogP contribution in [0.4, 0.5) is 0 Å². The average molecular weight is 168 g/mol. The van der Waals surface area contributed by atoms with Gasteiger partial charge in [-0.15, -0.1) is 0 Å². The highest BCUT2D eigenvalue weighted by molar-refractivity contribution is 6.30. The fourth-order valence-corrected chi connectivity index (χ4v) is 0.783. The zero-order chi connectivity index (χ0) is 9.56. The van der Waals surface area contributed by atoms with Gasteiger partial charge >= 0.3 is 0 Å². The predicted octanol–water partition coefficient (Wildman–Crippen LogP) is 2.73. The van der Waals surface area contributed by atoms with Crippen molar-refractivity contribution in [3.8, 4) is 0 Å². The Kier molecular flexibility index (Phi) is 5.60. The molecular weight excluding hydrogens is 148 g/mol. The van der Waals surface area contributed by atoms with Gasteiger partial charge in [0.15, 0.2) is 0 Å². The molecule has 0 aromatic heterocycles. The Bertz CT molecular complexity index is 167. The molecule has 0 heterocycles. The number of nitrogens with zero attached hydrogens (tertiary/aromatic N) is 2. The number of rotatable bonds is 4. The first-order chi connectivity index (χ1) is 5.56. The van der Waals surface area contributed by atoms with E-state index in [1.54, 1.807) is 0 Å². The first-order valence-corrected chi connectivity index (χ1v) is 4.66. The zero-order valence-electron chi connectivity index (χ0n) is 8.83. The summed E-state index contributed by atoms with van der Waals surface area (Å²) in [4.78, 5) is 8.73. The molecule has 0 radical (unpaired) electrons. The lowest BCUT2D eigenvalue weighted by Crippen LogP contribution is -2.04. The van der Waals surface area contributed by atoms with Gasteiger partial charge in [-0.3, -0.25) is 9.98 Å². The Morgan fingerprint density at radius 1 is 1.17 bits per heavy atom. The maximum Gasteiger partial charge on any atom is 0.0526 e. The molecule has 0 amide bonds. The molecule has 0 spiro atoms. The quantitative estimate of drug-likeness (QED) is 0.577. The molecule has 0 fully saturated rings. The van der Waals surface area contributed by atoms with Crippen LogP contribution >= 0.6 is 0 Å². The molecule has 0 N–H and O–H groups in total. The van der Waals surface area contributed by atoms with Crippen LogP contribution in [0.2, 0.25) is 0 Å². The first-order valence-electron chi connectivity index (χ1n) is 4.66. The van der Waals surface area contributed by atoms with Crippen LogP contribution in [0, 0.1) is 0 Å². The lowest BCUT2D eigenvalue weighted by molar-refractivity contribution is 0.828. The molecule has 0 rings (SSSR count). The summed E-state index contributed by atoms with van der Waals surface area (Å²) in [6, 6.07) is 0.743. The van der Waals surface area contributed by atoms with Gasteiger partial charge < -0.3 is 0 Å². The molecule has 2 heteroatoms. The summed E-state index contributed by atoms with van der Waals surface area (Å²) in [6.45, 7) is 10.4. The molecule has 0 atom stereocenters. The fraction of sp³-hybridized carbons (Fsp3) is 0.800. The van der Waals surface area contributed by atoms with E-state index in [0.29, 0.717) is 12.1 Å². The molecule has 0 aliphatic rings. The van der Waals surface area contributed by atoms with Crippen molar-refractivity contribution in [2.45, 2.75) is 53.1 Å². The van der Waals surface area contributed by atoms with Crippen LogP contribution in [-0.4, -0.2) is 24.0 Å². The van der Waals surface area contributed by atoms with Crippen LogP contribution < -0.4 is 0 Å². The Labute approximate surface area is 75.8 Å². The van der Waals surface area contributed by atoms with E-state index >= 15 is 0 Å². The second-order valence-corrected chi connectivity index (χ2v) is 3.44. The van der Waals surface area contributed by atoms with Crippen molar-refractivity contribution in [3.05, 3.63) is 0 Å². The number of aliphatic imine (C=N–C) groups is 2. The van der Waals surface area contributed by atoms with Gasteiger partial charge in [-0.05, 0) is 34.1 Å². The van der Waals surface area contributed by atoms with Crippen LogP contribution in [0.25, 0.3) is 0 Å². The Morgan fingerprint density at radius 2 is 1.75 bits per heavy atom. The van der Waals surface area contributed by atoms with Crippen molar-refractivity contribution in [2.75, 3.05) is 0 Å². The molecule has 0 aromatic rings. The lowest BCUT2D eigenvalue weighted by atomic mass is 10.3. The molecule has 0 bridgehead atoms. The van der Waals surface area contributed by atoms with E-state index in [9.17, 15) is 0 Å². The van der Waals surface area contributed by atoms with Crippen LogP contribution in [0.15, 0.2) is 9.98 Å². The largest absolute Gasteiger partial charge is 0.289 e. The molecular formula is C10H20N2. The van der Waals surface area contributed by atoms with Gasteiger partial charge in [0.2, 0.25) is 0 Å². The van der Waals surface area contributed by atoms with E-state index in [1.807, 2.05) is 6.21 Å². The third kappa shape index (κ3) is 6.08. The highest BCUT2D eigenvalue weighted by Crippen LogP contribution is 1.92. The standard InChI is InChI=1S/C10H20N2/c1-6-10(12-9(4)5)7-11-8(2)3/h7-9H,6H2,1-5H3. The normalized spacial score (nSPS) is 13.8. The van der Waals surface area contributed by atoms with E-state index in [-0.39, 0.29) is 0 Å². The summed E-state index contributed by atoms with van der Waals surface area (Å²) in [7, 11) is 0. The van der Waals surface area contributed by atoms with E-state index in [1.165, 1.54) is 0 Å². The Morgan fingerprint density at radius 3 is 2.08 bits per heavy atom. The van der Waals surface area contributed by atoms with Crippen molar-refractivity contribution in [3.63, 3.8) is 0 Å². The maximum atomic E-state index is 4.43. The van der Waals surface area contributed by atoms with Gasteiger partial charge in [-0.2, -0.15) is 0 Å². The Hall–Kier alpha value is -0.660. The highest BCUT2D eigenvalue weighted by Gasteiger charge is 1.93. The van der Waals surface area contributed by atoms with E-state index < -0.39 is 0 Å². The minimum atomic E-state index is 0.369. The third-order valence-corrected chi connectivity index (χ3v) is 1.31. The molecule has 0 saturated heterocycles. The molecule has 0 aliphatic carbocycles. The minimum absolute atomic E-state index is 0.369. The van der Waals surface area contributed by atoms with Gasteiger partial charge in [-0.1, -0.05) is 6.92 Å². The molecule has 0 saturated carbocycles. The van der Waals surface area contributed by atoms with Gasteiger partial charge in [0.1, 0.15) is 0 Å². The van der Waals surface area contributed by atoms with Crippen molar-refractivity contribution >= 4 is 11.9 Å². The molecule has 0 aromatic carbocycles. The number of hydrogen-bond donors (Lipinski definition) is 0. The summed E-state index contributed by atoms with van der Waals surface area (Å²) in [5, 5.41) is 0. The zero-order valence-corrected chi connectivity index (χ0v) is 8.83. The van der Waals surface area contributed by atoms with E-state index in [2.05, 4.69) is 44.6 Å². The van der Waals surface area contributed by atoms with Crippen molar-refractivity contribution in [1.82, 2.24) is 0 Å². The average Bonchev–Trinajstić information content (AvgIpc) is 1.97. The topological polar surface area (TPSA) is 24.7 Å². The number of hydrogen-bond acceptors (Lipinski definition) is 2. The van der Waals surface area contributed by atoms with Crippen LogP contribution in [0.5, 0.6) is 0 Å². The first kappa shape index (κ1) is 11.3. The third-order valence-electron chi connectivity index (χ3n) is 1.31. The molecule has 0 aliphatic heterocycles. The predicted molar refractivity (Wildman–Crippen MR) is 56.5 cm³/mol. The van der Waals surface area contributed by atoms with Gasteiger partial charge in [0.25, 0.3) is 0 Å². The minimum Gasteiger partial charge on any atom is -0.289 e. The molecule has 12 heavy (non-hydrogen) atoms. The van der Waals surface area contributed by atoms with Crippen molar-refractivity contribution < 1.29 is 0 Å². The molecule has 0 unspecified atom stereocenters. The van der Waals surface area contributed by atoms with Crippen LogP contribution in [0.1, 0.15) is 41.0 Å². The second-order valence-electron chi connectivity index (χ2n) is 3.44. The summed E-state index contributed by atoms with van der Waals surface area (Å²) >= 11 is 0. The summed E-state index contributed by atoms with van der Waals surface area (Å²) in [5.41, 5.74) is 1.10. The smallest absolute Gasteiger partial charge is 0.0526 e. The fourth-order valence-electron chi connectivity index (χ4n) is 0.783. The SMILES string of the molecule is CCC(C=NC(C)C)=NC(C)C. The lowest BCUT2D eigenvalue weighted by Gasteiger charge is -2.01. The molecule has 2 nitrogen and oxygen atoms in total. The second kappa shape index (κ2) is 5.92. The van der Waals surface area contributed by atoms with Gasteiger partial charge in [-0.25, -0.2) is 0 Å². The summed E-state index contributed by atoms with van der Waals surface area (Å²) in [5.74, 6) is 0. The van der Waals surface area contributed by atoms with E-state index in [4.69, 9.17) is 0 Å². The summed E-state index contributed by atoms with van der Waals surface area (Å²) in [6.07, 6.45) is 2.86.